The lowest BCUT2D eigenvalue weighted by molar-refractivity contribution is 0.261. The number of likely N-dealkylation sites (N-methyl/N-ethyl adjacent to an activating group) is 1. The van der Waals surface area contributed by atoms with Crippen LogP contribution in [0.25, 0.3) is 22.2 Å². The molecule has 1 aromatic heterocycles. The van der Waals surface area contributed by atoms with Crippen LogP contribution in [0.5, 0.6) is 17.2 Å². The quantitative estimate of drug-likeness (QED) is 0.284. The molecule has 2 N–H and O–H groups in total. The standard InChI is InChI=1S/C27H28N4O3.ClH/c1-31(2)12-13-34-18-10-11-22-21(14-18)25-26(28-22)19-15-23(32-3)24(33-4)16-20(19)27(25)30-29-17-8-6-5-7-9-17;/h5-11,14-16,28-29H,12-13H2,1-4H3;1H/b30-27-;. The van der Waals surface area contributed by atoms with Gasteiger partial charge in [-0.05, 0) is 56.6 Å². The van der Waals surface area contributed by atoms with E-state index in [0.717, 1.165) is 57.0 Å². The summed E-state index contributed by atoms with van der Waals surface area (Å²) < 4.78 is 17.2. The van der Waals surface area contributed by atoms with Gasteiger partial charge >= 0.3 is 0 Å². The predicted octanol–water partition coefficient (Wildman–Crippen LogP) is 5.39. The zero-order chi connectivity index (χ0) is 23.7. The number of hydrazone groups is 1. The summed E-state index contributed by atoms with van der Waals surface area (Å²) in [5.74, 6) is 2.17. The van der Waals surface area contributed by atoms with E-state index >= 15 is 0 Å². The van der Waals surface area contributed by atoms with E-state index in [9.17, 15) is 0 Å². The first kappa shape index (κ1) is 24.4. The molecule has 1 aliphatic rings. The van der Waals surface area contributed by atoms with Crippen LogP contribution >= 0.6 is 12.4 Å². The molecular formula is C27H29ClN4O3. The van der Waals surface area contributed by atoms with Crippen molar-refractivity contribution in [3.8, 4) is 28.5 Å². The first-order valence-electron chi connectivity index (χ1n) is 11.2. The van der Waals surface area contributed by atoms with Crippen molar-refractivity contribution in [1.29, 1.82) is 0 Å². The van der Waals surface area contributed by atoms with Crippen LogP contribution in [0.4, 0.5) is 5.69 Å². The molecule has 182 valence electrons. The molecule has 8 heteroatoms. The smallest absolute Gasteiger partial charge is 0.161 e. The number of hydrogen-bond acceptors (Lipinski definition) is 6. The van der Waals surface area contributed by atoms with Crippen LogP contribution in [-0.4, -0.2) is 57.1 Å². The van der Waals surface area contributed by atoms with E-state index in [0.29, 0.717) is 18.1 Å². The minimum Gasteiger partial charge on any atom is -0.493 e. The molecule has 0 saturated carbocycles. The van der Waals surface area contributed by atoms with Gasteiger partial charge in [-0.1, -0.05) is 18.2 Å². The molecule has 0 fully saturated rings. The second kappa shape index (κ2) is 10.3. The number of rotatable bonds is 8. The summed E-state index contributed by atoms with van der Waals surface area (Å²) >= 11 is 0. The Morgan fingerprint density at radius 1 is 0.914 bits per heavy atom. The molecule has 35 heavy (non-hydrogen) atoms. The number of methoxy groups -OCH3 is 2. The molecule has 5 rings (SSSR count). The molecule has 0 saturated heterocycles. The Morgan fingerprint density at radius 3 is 2.31 bits per heavy atom. The normalized spacial score (nSPS) is 12.9. The number of nitrogens with one attached hydrogen (secondary N) is 2. The summed E-state index contributed by atoms with van der Waals surface area (Å²) in [7, 11) is 7.36. The molecule has 3 aromatic carbocycles. The van der Waals surface area contributed by atoms with Crippen LogP contribution in [-0.2, 0) is 0 Å². The van der Waals surface area contributed by atoms with Gasteiger partial charge < -0.3 is 24.1 Å². The second-order valence-electron chi connectivity index (χ2n) is 8.43. The SMILES string of the molecule is COc1cc2c(cc1OC)-c1[nH]c3ccc(OCCN(C)C)cc3c1/C2=N\Nc1ccccc1.Cl. The maximum absolute atomic E-state index is 6.02. The Bertz CT molecular complexity index is 1370. The third kappa shape index (κ3) is 4.65. The van der Waals surface area contributed by atoms with Crippen LogP contribution < -0.4 is 19.6 Å². The Kier molecular flexibility index (Phi) is 7.19. The predicted molar refractivity (Wildman–Crippen MR) is 144 cm³/mol. The zero-order valence-corrected chi connectivity index (χ0v) is 21.0. The molecule has 4 aromatic rings. The number of halogens is 1. The van der Waals surface area contributed by atoms with Crippen molar-refractivity contribution in [2.24, 2.45) is 5.10 Å². The van der Waals surface area contributed by atoms with Crippen LogP contribution in [0, 0.1) is 0 Å². The summed E-state index contributed by atoms with van der Waals surface area (Å²) in [5, 5.41) is 5.90. The third-order valence-electron chi connectivity index (χ3n) is 5.93. The summed E-state index contributed by atoms with van der Waals surface area (Å²) in [6.45, 7) is 1.47. The first-order valence-corrected chi connectivity index (χ1v) is 11.2. The van der Waals surface area contributed by atoms with Crippen molar-refractivity contribution in [2.75, 3.05) is 46.9 Å². The van der Waals surface area contributed by atoms with Gasteiger partial charge in [0.2, 0.25) is 0 Å². The molecule has 1 heterocycles. The minimum absolute atomic E-state index is 0. The molecule has 0 amide bonds. The highest BCUT2D eigenvalue weighted by atomic mass is 35.5. The van der Waals surface area contributed by atoms with Crippen molar-refractivity contribution < 1.29 is 14.2 Å². The Hall–Kier alpha value is -3.68. The molecule has 0 radical (unpaired) electrons. The van der Waals surface area contributed by atoms with Gasteiger partial charge in [0, 0.05) is 34.1 Å². The fourth-order valence-corrected chi connectivity index (χ4v) is 4.22. The highest BCUT2D eigenvalue weighted by Crippen LogP contribution is 2.45. The fourth-order valence-electron chi connectivity index (χ4n) is 4.22. The highest BCUT2D eigenvalue weighted by molar-refractivity contribution is 6.30. The van der Waals surface area contributed by atoms with Gasteiger partial charge in [-0.15, -0.1) is 12.4 Å². The van der Waals surface area contributed by atoms with Gasteiger partial charge in [-0.25, -0.2) is 0 Å². The Morgan fingerprint density at radius 2 is 1.63 bits per heavy atom. The number of anilines is 1. The molecule has 0 spiro atoms. The number of hydrogen-bond donors (Lipinski definition) is 2. The Labute approximate surface area is 211 Å². The van der Waals surface area contributed by atoms with E-state index in [2.05, 4.69) is 27.4 Å². The molecular weight excluding hydrogens is 464 g/mol. The van der Waals surface area contributed by atoms with Gasteiger partial charge in [0.25, 0.3) is 0 Å². The van der Waals surface area contributed by atoms with Gasteiger partial charge in [-0.2, -0.15) is 5.10 Å². The highest BCUT2D eigenvalue weighted by Gasteiger charge is 2.31. The number of fused-ring (bicyclic) bond motifs is 5. The van der Waals surface area contributed by atoms with Crippen LogP contribution in [0.3, 0.4) is 0 Å². The number of ether oxygens (including phenoxy) is 3. The number of benzene rings is 3. The molecule has 0 bridgehead atoms. The van der Waals surface area contributed by atoms with Gasteiger partial charge in [-0.3, -0.25) is 5.43 Å². The van der Waals surface area contributed by atoms with E-state index in [-0.39, 0.29) is 12.4 Å². The van der Waals surface area contributed by atoms with E-state index in [1.807, 2.05) is 62.6 Å². The lowest BCUT2D eigenvalue weighted by atomic mass is 10.1. The van der Waals surface area contributed by atoms with Crippen molar-refractivity contribution in [3.63, 3.8) is 0 Å². The van der Waals surface area contributed by atoms with Gasteiger partial charge in [0.15, 0.2) is 11.5 Å². The topological polar surface area (TPSA) is 71.1 Å². The number of nitrogens with zero attached hydrogens (tertiary/aromatic N) is 2. The third-order valence-corrected chi connectivity index (χ3v) is 5.93. The molecule has 7 nitrogen and oxygen atoms in total. The van der Waals surface area contributed by atoms with Crippen LogP contribution in [0.1, 0.15) is 11.1 Å². The average molecular weight is 493 g/mol. The molecule has 1 aliphatic carbocycles. The van der Waals surface area contributed by atoms with E-state index < -0.39 is 0 Å². The van der Waals surface area contributed by atoms with Crippen molar-refractivity contribution in [1.82, 2.24) is 9.88 Å². The monoisotopic (exact) mass is 492 g/mol. The van der Waals surface area contributed by atoms with Crippen LogP contribution in [0.15, 0.2) is 65.8 Å². The summed E-state index contributed by atoms with van der Waals surface area (Å²) in [6.07, 6.45) is 0. The van der Waals surface area contributed by atoms with Gasteiger partial charge in [0.1, 0.15) is 18.1 Å². The zero-order valence-electron chi connectivity index (χ0n) is 20.2. The second-order valence-corrected chi connectivity index (χ2v) is 8.43. The van der Waals surface area contributed by atoms with Gasteiger partial charge in [0.05, 0.1) is 25.6 Å². The number of aromatic nitrogens is 1. The lowest BCUT2D eigenvalue weighted by Gasteiger charge is -2.12. The number of aromatic amines is 1. The largest absolute Gasteiger partial charge is 0.493 e. The number of H-pyrrole nitrogens is 1. The summed E-state index contributed by atoms with van der Waals surface area (Å²) in [6, 6.07) is 20.0. The molecule has 0 unspecified atom stereocenters. The minimum atomic E-state index is 0. The maximum Gasteiger partial charge on any atom is 0.161 e. The first-order chi connectivity index (χ1) is 16.6. The molecule has 0 atom stereocenters. The fraction of sp³-hybridized carbons (Fsp3) is 0.222. The van der Waals surface area contributed by atoms with Crippen molar-refractivity contribution in [3.05, 3.63) is 71.8 Å². The average Bonchev–Trinajstić information content (AvgIpc) is 3.36. The summed E-state index contributed by atoms with van der Waals surface area (Å²) in [4.78, 5) is 5.68. The molecule has 0 aliphatic heterocycles. The van der Waals surface area contributed by atoms with E-state index in [1.165, 1.54) is 0 Å². The van der Waals surface area contributed by atoms with Crippen molar-refractivity contribution in [2.45, 2.75) is 0 Å². The van der Waals surface area contributed by atoms with Crippen LogP contribution in [0.2, 0.25) is 0 Å². The maximum atomic E-state index is 6.02. The Balaban J connectivity index is 0.00000289. The number of para-hydroxylation sites is 1. The van der Waals surface area contributed by atoms with E-state index in [1.54, 1.807) is 14.2 Å². The van der Waals surface area contributed by atoms with Crippen molar-refractivity contribution >= 4 is 34.7 Å². The summed E-state index contributed by atoms with van der Waals surface area (Å²) in [5.41, 5.74) is 10.0. The lowest BCUT2D eigenvalue weighted by Crippen LogP contribution is -2.19. The van der Waals surface area contributed by atoms with E-state index in [4.69, 9.17) is 19.3 Å².